The Bertz CT molecular complexity index is 318. The van der Waals surface area contributed by atoms with Crippen molar-refractivity contribution in [1.82, 2.24) is 15.5 Å². The average molecular weight is 197 g/mol. The highest BCUT2D eigenvalue weighted by molar-refractivity contribution is 5.89. The van der Waals surface area contributed by atoms with Gasteiger partial charge in [0, 0.05) is 12.0 Å². The van der Waals surface area contributed by atoms with E-state index in [1.165, 1.54) is 0 Å². The van der Waals surface area contributed by atoms with Crippen molar-refractivity contribution in [2.24, 2.45) is 0 Å². The highest BCUT2D eigenvalue weighted by atomic mass is 16.4. The summed E-state index contributed by atoms with van der Waals surface area (Å²) in [6, 6.07) is 0.0666. The van der Waals surface area contributed by atoms with Crippen molar-refractivity contribution in [3.8, 4) is 0 Å². The van der Waals surface area contributed by atoms with Crippen LogP contribution in [0.5, 0.6) is 0 Å². The molecule has 1 aromatic rings. The van der Waals surface area contributed by atoms with Crippen LogP contribution in [0.3, 0.4) is 0 Å². The Balaban J connectivity index is 2.71. The number of nitrogens with zero attached hydrogens (tertiary/aromatic N) is 2. The summed E-state index contributed by atoms with van der Waals surface area (Å²) in [7, 11) is 0. The van der Waals surface area contributed by atoms with Crippen LogP contribution in [-0.4, -0.2) is 22.1 Å². The third-order valence-corrected chi connectivity index (χ3v) is 1.55. The summed E-state index contributed by atoms with van der Waals surface area (Å²) in [5.41, 5.74) is 0. The fourth-order valence-electron chi connectivity index (χ4n) is 0.884. The smallest absolute Gasteiger partial charge is 0.309 e. The highest BCUT2D eigenvalue weighted by Crippen LogP contribution is 2.11. The van der Waals surface area contributed by atoms with Gasteiger partial charge in [-0.1, -0.05) is 13.8 Å². The maximum absolute atomic E-state index is 11.4. The van der Waals surface area contributed by atoms with E-state index in [2.05, 4.69) is 15.5 Å². The molecule has 1 N–H and O–H groups in total. The molecule has 78 valence electrons. The van der Waals surface area contributed by atoms with Crippen LogP contribution in [0.2, 0.25) is 0 Å². The fourth-order valence-corrected chi connectivity index (χ4v) is 0.884. The molecule has 0 fully saturated rings. The molecule has 0 spiro atoms. The molecule has 0 saturated heterocycles. The summed E-state index contributed by atoms with van der Waals surface area (Å²) in [5, 5.41) is 10.1. The van der Waals surface area contributed by atoms with Gasteiger partial charge in [0.15, 0.2) is 0 Å². The lowest BCUT2D eigenvalue weighted by molar-refractivity contribution is 0.0906. The Morgan fingerprint density at radius 2 is 1.93 bits per heavy atom. The van der Waals surface area contributed by atoms with E-state index in [4.69, 9.17) is 4.42 Å². The predicted octanol–water partition coefficient (Wildman–Crippen LogP) is 1.33. The second-order valence-electron chi connectivity index (χ2n) is 3.73. The first-order valence-electron chi connectivity index (χ1n) is 4.65. The molecular weight excluding hydrogens is 182 g/mol. The number of aromatic nitrogens is 2. The van der Waals surface area contributed by atoms with Crippen molar-refractivity contribution in [1.29, 1.82) is 0 Å². The molecule has 0 aliphatic rings. The number of hydrogen-bond donors (Lipinski definition) is 1. The lowest BCUT2D eigenvalue weighted by Crippen LogP contribution is -2.30. The van der Waals surface area contributed by atoms with E-state index in [0.717, 1.165) is 0 Å². The van der Waals surface area contributed by atoms with E-state index in [0.29, 0.717) is 5.89 Å². The summed E-state index contributed by atoms with van der Waals surface area (Å²) in [5.74, 6) is 0.337. The van der Waals surface area contributed by atoms with E-state index >= 15 is 0 Å². The lowest BCUT2D eigenvalue weighted by Gasteiger charge is -2.03. The summed E-state index contributed by atoms with van der Waals surface area (Å²) < 4.78 is 5.17. The van der Waals surface area contributed by atoms with Crippen LogP contribution in [0, 0.1) is 0 Å². The summed E-state index contributed by atoms with van der Waals surface area (Å²) in [6.45, 7) is 7.60. The van der Waals surface area contributed by atoms with Gasteiger partial charge in [-0.05, 0) is 13.8 Å². The van der Waals surface area contributed by atoms with Gasteiger partial charge in [-0.3, -0.25) is 4.79 Å². The average Bonchev–Trinajstić information content (AvgIpc) is 2.50. The van der Waals surface area contributed by atoms with Crippen LogP contribution in [0.15, 0.2) is 4.42 Å². The molecule has 1 amide bonds. The van der Waals surface area contributed by atoms with Crippen LogP contribution < -0.4 is 5.32 Å². The van der Waals surface area contributed by atoms with Gasteiger partial charge in [-0.2, -0.15) is 0 Å². The largest absolute Gasteiger partial charge is 0.417 e. The molecule has 0 bridgehead atoms. The van der Waals surface area contributed by atoms with Crippen molar-refractivity contribution in [3.63, 3.8) is 0 Å². The molecule has 0 saturated carbocycles. The third-order valence-electron chi connectivity index (χ3n) is 1.55. The Hall–Kier alpha value is -1.39. The highest BCUT2D eigenvalue weighted by Gasteiger charge is 2.16. The van der Waals surface area contributed by atoms with Crippen molar-refractivity contribution < 1.29 is 9.21 Å². The van der Waals surface area contributed by atoms with E-state index < -0.39 is 0 Å². The van der Waals surface area contributed by atoms with Gasteiger partial charge in [0.2, 0.25) is 5.89 Å². The van der Waals surface area contributed by atoms with Crippen molar-refractivity contribution in [3.05, 3.63) is 11.8 Å². The van der Waals surface area contributed by atoms with Gasteiger partial charge < -0.3 is 9.73 Å². The van der Waals surface area contributed by atoms with E-state index in [9.17, 15) is 4.79 Å². The number of rotatable bonds is 3. The topological polar surface area (TPSA) is 68.0 Å². The van der Waals surface area contributed by atoms with Crippen LogP contribution in [0.25, 0.3) is 0 Å². The van der Waals surface area contributed by atoms with Gasteiger partial charge >= 0.3 is 11.8 Å². The van der Waals surface area contributed by atoms with E-state index in [-0.39, 0.29) is 23.8 Å². The molecule has 1 rings (SSSR count). The van der Waals surface area contributed by atoms with Gasteiger partial charge in [-0.15, -0.1) is 10.2 Å². The number of carbonyl (C=O) groups excluding carboxylic acids is 1. The Labute approximate surface area is 82.9 Å². The molecule has 1 heterocycles. The Morgan fingerprint density at radius 1 is 1.29 bits per heavy atom. The van der Waals surface area contributed by atoms with E-state index in [1.54, 1.807) is 0 Å². The summed E-state index contributed by atoms with van der Waals surface area (Å²) in [6.07, 6.45) is 0. The zero-order chi connectivity index (χ0) is 10.7. The minimum absolute atomic E-state index is 0.0300. The van der Waals surface area contributed by atoms with Crippen LogP contribution in [0.1, 0.15) is 50.2 Å². The molecule has 0 aliphatic heterocycles. The molecule has 1 aromatic heterocycles. The standard InChI is InChI=1S/C9H15N3O2/c1-5(2)8-11-12-9(14-8)7(13)10-6(3)4/h5-6H,1-4H3,(H,10,13). The SMILES string of the molecule is CC(C)NC(=O)c1nnc(C(C)C)o1. The second kappa shape index (κ2) is 4.21. The molecule has 5 heteroatoms. The first kappa shape index (κ1) is 10.7. The Morgan fingerprint density at radius 3 is 2.36 bits per heavy atom. The maximum Gasteiger partial charge on any atom is 0.309 e. The van der Waals surface area contributed by atoms with Gasteiger partial charge in [0.1, 0.15) is 0 Å². The molecule has 0 atom stereocenters. The van der Waals surface area contributed by atoms with Crippen LogP contribution in [0.4, 0.5) is 0 Å². The first-order valence-corrected chi connectivity index (χ1v) is 4.65. The zero-order valence-electron chi connectivity index (χ0n) is 8.87. The first-order chi connectivity index (χ1) is 6.50. The number of hydrogen-bond acceptors (Lipinski definition) is 4. The van der Waals surface area contributed by atoms with Gasteiger partial charge in [-0.25, -0.2) is 0 Å². The third kappa shape index (κ3) is 2.55. The van der Waals surface area contributed by atoms with Gasteiger partial charge in [0.05, 0.1) is 0 Å². The zero-order valence-corrected chi connectivity index (χ0v) is 8.87. The molecular formula is C9H15N3O2. The minimum atomic E-state index is -0.320. The quantitative estimate of drug-likeness (QED) is 0.793. The fraction of sp³-hybridized carbons (Fsp3) is 0.667. The normalized spacial score (nSPS) is 11.0. The van der Waals surface area contributed by atoms with E-state index in [1.807, 2.05) is 27.7 Å². The van der Waals surface area contributed by atoms with Crippen LogP contribution in [-0.2, 0) is 0 Å². The predicted molar refractivity (Wildman–Crippen MR) is 51.0 cm³/mol. The molecule has 0 aromatic carbocycles. The summed E-state index contributed by atoms with van der Waals surface area (Å²) in [4.78, 5) is 11.4. The molecule has 5 nitrogen and oxygen atoms in total. The van der Waals surface area contributed by atoms with Crippen molar-refractivity contribution in [2.45, 2.75) is 39.7 Å². The van der Waals surface area contributed by atoms with Crippen molar-refractivity contribution >= 4 is 5.91 Å². The van der Waals surface area contributed by atoms with Crippen LogP contribution >= 0.6 is 0 Å². The van der Waals surface area contributed by atoms with Crippen molar-refractivity contribution in [2.75, 3.05) is 0 Å². The maximum atomic E-state index is 11.4. The lowest BCUT2D eigenvalue weighted by atomic mass is 10.2. The summed E-state index contributed by atoms with van der Waals surface area (Å²) >= 11 is 0. The number of nitrogens with one attached hydrogen (secondary N) is 1. The number of carbonyl (C=O) groups is 1. The molecule has 0 aliphatic carbocycles. The van der Waals surface area contributed by atoms with Gasteiger partial charge in [0.25, 0.3) is 0 Å². The second-order valence-corrected chi connectivity index (χ2v) is 3.73. The molecule has 0 unspecified atom stereocenters. The molecule has 14 heavy (non-hydrogen) atoms. The monoisotopic (exact) mass is 197 g/mol. The molecule has 0 radical (unpaired) electrons. The Kier molecular flexibility index (Phi) is 3.22. The number of amides is 1. The minimum Gasteiger partial charge on any atom is -0.417 e.